The molecule has 0 unspecified atom stereocenters. The monoisotopic (exact) mass is 489 g/mol. The van der Waals surface area contributed by atoms with Crippen LogP contribution in [-0.2, 0) is 9.59 Å². The van der Waals surface area contributed by atoms with E-state index in [1.54, 1.807) is 18.5 Å². The molecule has 2 amide bonds. The molecule has 5 nitrogen and oxygen atoms in total. The largest absolute Gasteiger partial charge is 0.354 e. The summed E-state index contributed by atoms with van der Waals surface area (Å²) in [6, 6.07) is 3.78. The van der Waals surface area contributed by atoms with E-state index >= 15 is 0 Å². The van der Waals surface area contributed by atoms with Crippen LogP contribution in [0.5, 0.6) is 0 Å². The van der Waals surface area contributed by atoms with E-state index in [0.717, 1.165) is 50.5 Å². The predicted molar refractivity (Wildman–Crippen MR) is 152 cm³/mol. The normalized spacial score (nSPS) is 12.2. The molecule has 0 fully saturated rings. The fourth-order valence-electron chi connectivity index (χ4n) is 3.09. The maximum absolute atomic E-state index is 11.9. The van der Waals surface area contributed by atoms with E-state index in [1.165, 1.54) is 0 Å². The molecule has 0 spiro atoms. The number of hydrogen-bond donors (Lipinski definition) is 2. The van der Waals surface area contributed by atoms with Gasteiger partial charge in [-0.05, 0) is 56.6 Å². The Labute approximate surface area is 217 Å². The Bertz CT molecular complexity index is 880. The summed E-state index contributed by atoms with van der Waals surface area (Å²) in [6.45, 7) is 3.02. The van der Waals surface area contributed by atoms with E-state index in [2.05, 4.69) is 83.3 Å². The Balaban J connectivity index is 1.94. The zero-order chi connectivity index (χ0) is 25.9. The molecule has 0 aliphatic rings. The van der Waals surface area contributed by atoms with Crippen LogP contribution in [0.15, 0.2) is 91.4 Å². The first-order valence-corrected chi connectivity index (χ1v) is 13.1. The highest BCUT2D eigenvalue weighted by Gasteiger charge is 2.01. The molecule has 1 aromatic heterocycles. The number of unbranched alkanes of at least 4 members (excludes halogenated alkanes) is 1. The highest BCUT2D eigenvalue weighted by molar-refractivity contribution is 5.78. The van der Waals surface area contributed by atoms with Crippen LogP contribution < -0.4 is 10.6 Å². The molecule has 194 valence electrons. The number of hydrogen-bond acceptors (Lipinski definition) is 3. The van der Waals surface area contributed by atoms with Crippen molar-refractivity contribution in [1.82, 2.24) is 15.6 Å². The molecule has 1 aromatic rings. The van der Waals surface area contributed by atoms with Gasteiger partial charge in [0.1, 0.15) is 0 Å². The van der Waals surface area contributed by atoms with Gasteiger partial charge in [-0.1, -0.05) is 85.9 Å². The van der Waals surface area contributed by atoms with Crippen LogP contribution in [0, 0.1) is 0 Å². The second kappa shape index (κ2) is 23.3. The van der Waals surface area contributed by atoms with E-state index in [4.69, 9.17) is 0 Å². The maximum Gasteiger partial charge on any atom is 0.223 e. The third kappa shape index (κ3) is 20.0. The van der Waals surface area contributed by atoms with Gasteiger partial charge in [0.15, 0.2) is 0 Å². The molecular formula is C31H43N3O2. The van der Waals surface area contributed by atoms with Crippen molar-refractivity contribution < 1.29 is 9.59 Å². The van der Waals surface area contributed by atoms with Crippen LogP contribution in [0.1, 0.15) is 70.3 Å². The van der Waals surface area contributed by atoms with Crippen LogP contribution in [0.4, 0.5) is 0 Å². The van der Waals surface area contributed by atoms with Gasteiger partial charge in [-0.3, -0.25) is 14.6 Å². The summed E-state index contributed by atoms with van der Waals surface area (Å²) >= 11 is 0. The van der Waals surface area contributed by atoms with Crippen LogP contribution in [-0.4, -0.2) is 29.9 Å². The summed E-state index contributed by atoms with van der Waals surface area (Å²) in [5.41, 5.74) is 0.960. The van der Waals surface area contributed by atoms with Crippen molar-refractivity contribution in [3.63, 3.8) is 0 Å². The highest BCUT2D eigenvalue weighted by Crippen LogP contribution is 2.00. The number of amides is 2. The molecule has 1 rings (SSSR count). The van der Waals surface area contributed by atoms with Gasteiger partial charge in [-0.2, -0.15) is 0 Å². The third-order valence-electron chi connectivity index (χ3n) is 5.00. The average Bonchev–Trinajstić information content (AvgIpc) is 2.89. The van der Waals surface area contributed by atoms with Gasteiger partial charge in [0.25, 0.3) is 0 Å². The summed E-state index contributed by atoms with van der Waals surface area (Å²) in [5, 5.41) is 5.65. The first-order valence-electron chi connectivity index (χ1n) is 13.1. The molecule has 2 N–H and O–H groups in total. The van der Waals surface area contributed by atoms with Crippen molar-refractivity contribution in [2.75, 3.05) is 13.1 Å². The fraction of sp³-hybridized carbons (Fsp3) is 0.387. The van der Waals surface area contributed by atoms with Gasteiger partial charge in [-0.25, -0.2) is 0 Å². The molecule has 0 saturated carbocycles. The van der Waals surface area contributed by atoms with Crippen molar-refractivity contribution in [2.24, 2.45) is 0 Å². The number of carbonyl (C=O) groups is 2. The van der Waals surface area contributed by atoms with Gasteiger partial charge in [-0.15, -0.1) is 0 Å². The zero-order valence-electron chi connectivity index (χ0n) is 21.8. The number of aromatic nitrogens is 1. The molecule has 0 aromatic carbocycles. The molecule has 0 aliphatic heterocycles. The van der Waals surface area contributed by atoms with E-state index in [0.29, 0.717) is 25.9 Å². The minimum atomic E-state index is -0.0669. The Morgan fingerprint density at radius 3 is 1.94 bits per heavy atom. The Kier molecular flexibility index (Phi) is 19.8. The van der Waals surface area contributed by atoms with E-state index in [1.807, 2.05) is 18.2 Å². The molecule has 0 atom stereocenters. The predicted octanol–water partition coefficient (Wildman–Crippen LogP) is 6.64. The Morgan fingerprint density at radius 1 is 0.778 bits per heavy atom. The maximum atomic E-state index is 11.9. The first-order chi connectivity index (χ1) is 17.7. The van der Waals surface area contributed by atoms with Gasteiger partial charge in [0, 0.05) is 38.3 Å². The molecule has 0 aliphatic carbocycles. The fourth-order valence-corrected chi connectivity index (χ4v) is 3.09. The van der Waals surface area contributed by atoms with Crippen molar-refractivity contribution in [1.29, 1.82) is 0 Å². The van der Waals surface area contributed by atoms with Crippen LogP contribution >= 0.6 is 0 Å². The standard InChI is InChI=1S/C31H43N3O2/c1-2-3-4-5-6-7-8-9-10-11-12-13-14-15-16-17-18-23-30(35)33-26-27-34-31(36)24-19-21-29-22-20-25-32-28-29/h3-4,6-7,9-10,12-13,15-16,19-22,25,28H,2,5,8,11,14,17-18,23-24,26-27H2,1H3,(H,33,35)(H,34,36)/b4-3-,7-6-,10-9-,13-12-,16-15-,21-19+. The molecule has 1 heterocycles. The number of allylic oxidation sites excluding steroid dienone is 10. The Morgan fingerprint density at radius 2 is 1.36 bits per heavy atom. The molecule has 5 heteroatoms. The van der Waals surface area contributed by atoms with E-state index in [9.17, 15) is 9.59 Å². The lowest BCUT2D eigenvalue weighted by atomic mass is 10.2. The van der Waals surface area contributed by atoms with E-state index in [-0.39, 0.29) is 11.8 Å². The van der Waals surface area contributed by atoms with Crippen molar-refractivity contribution >= 4 is 17.9 Å². The first kappa shape index (κ1) is 30.6. The van der Waals surface area contributed by atoms with E-state index < -0.39 is 0 Å². The van der Waals surface area contributed by atoms with Gasteiger partial charge in [0.2, 0.25) is 11.8 Å². The van der Waals surface area contributed by atoms with Gasteiger partial charge >= 0.3 is 0 Å². The summed E-state index contributed by atoms with van der Waals surface area (Å²) in [4.78, 5) is 27.7. The third-order valence-corrected chi connectivity index (χ3v) is 5.00. The second-order valence-electron chi connectivity index (χ2n) is 8.19. The molecular weight excluding hydrogens is 446 g/mol. The number of carbonyl (C=O) groups excluding carboxylic acids is 2. The summed E-state index contributed by atoms with van der Waals surface area (Å²) in [7, 11) is 0. The topological polar surface area (TPSA) is 71.1 Å². The lowest BCUT2D eigenvalue weighted by Gasteiger charge is -2.06. The highest BCUT2D eigenvalue weighted by atomic mass is 16.2. The van der Waals surface area contributed by atoms with Crippen molar-refractivity contribution in [3.8, 4) is 0 Å². The van der Waals surface area contributed by atoms with Crippen LogP contribution in [0.25, 0.3) is 6.08 Å². The minimum absolute atomic E-state index is 0.0214. The Hall–Kier alpha value is -3.47. The summed E-state index contributed by atoms with van der Waals surface area (Å²) < 4.78 is 0. The summed E-state index contributed by atoms with van der Waals surface area (Å²) in [6.07, 6.45) is 36.4. The lowest BCUT2D eigenvalue weighted by molar-refractivity contribution is -0.122. The second-order valence-corrected chi connectivity index (χ2v) is 8.19. The summed E-state index contributed by atoms with van der Waals surface area (Å²) in [5.74, 6) is -0.0455. The number of nitrogens with zero attached hydrogens (tertiary/aromatic N) is 1. The van der Waals surface area contributed by atoms with Crippen LogP contribution in [0.2, 0.25) is 0 Å². The molecule has 0 bridgehead atoms. The van der Waals surface area contributed by atoms with Gasteiger partial charge in [0.05, 0.1) is 0 Å². The number of rotatable bonds is 19. The average molecular weight is 490 g/mol. The SMILES string of the molecule is CC/C=C\C/C=C\C/C=C\C/C=C\C/C=C\CCCC(=O)NCCNC(=O)C/C=C/c1cccnc1. The molecule has 0 radical (unpaired) electrons. The van der Waals surface area contributed by atoms with Crippen molar-refractivity contribution in [2.45, 2.75) is 64.7 Å². The number of nitrogens with one attached hydrogen (secondary N) is 2. The smallest absolute Gasteiger partial charge is 0.223 e. The van der Waals surface area contributed by atoms with Gasteiger partial charge < -0.3 is 10.6 Å². The zero-order valence-corrected chi connectivity index (χ0v) is 21.8. The lowest BCUT2D eigenvalue weighted by Crippen LogP contribution is -2.34. The minimum Gasteiger partial charge on any atom is -0.354 e. The molecule has 36 heavy (non-hydrogen) atoms. The van der Waals surface area contributed by atoms with Crippen LogP contribution in [0.3, 0.4) is 0 Å². The quantitative estimate of drug-likeness (QED) is 0.169. The number of pyridine rings is 1. The van der Waals surface area contributed by atoms with Crippen molar-refractivity contribution in [3.05, 3.63) is 96.9 Å². The molecule has 0 saturated heterocycles.